The lowest BCUT2D eigenvalue weighted by atomic mass is 9.99. The van der Waals surface area contributed by atoms with Crippen LogP contribution in [0.15, 0.2) is 122 Å². The van der Waals surface area contributed by atoms with E-state index in [1.807, 2.05) is 30.4 Å². The second-order valence-electron chi connectivity index (χ2n) is 19.7. The van der Waals surface area contributed by atoms with Crippen LogP contribution in [-0.4, -0.2) is 99.6 Å². The summed E-state index contributed by atoms with van der Waals surface area (Å²) in [7, 11) is 0. The van der Waals surface area contributed by atoms with Gasteiger partial charge in [0.15, 0.2) is 12.4 Å². The molecule has 11 heteroatoms. The SMILES string of the molecule is CC/C=C\C/C=C\C/C=C\C/C=C\C/C=C\C/C=C\CCCCC(=O)OC1C(OCC(NC(=O)C(O)CCCCCC\C=C/C=C/C=C/CC)C(O)/C=C/CCCCCCCCCCCCC)OC(CO)C(O)C1O. The Kier molecular flexibility index (Phi) is 46.8. The van der Waals surface area contributed by atoms with Crippen LogP contribution in [-0.2, 0) is 23.8 Å². The van der Waals surface area contributed by atoms with E-state index in [0.717, 1.165) is 109 Å². The lowest BCUT2D eigenvalue weighted by molar-refractivity contribution is -0.305. The van der Waals surface area contributed by atoms with Crippen molar-refractivity contribution in [2.24, 2.45) is 0 Å². The first-order valence-electron chi connectivity index (χ1n) is 29.3. The van der Waals surface area contributed by atoms with Gasteiger partial charge in [-0.1, -0.05) is 226 Å². The molecule has 1 fully saturated rings. The molecule has 0 saturated carbocycles. The number of hydrogen-bond donors (Lipinski definition) is 6. The summed E-state index contributed by atoms with van der Waals surface area (Å²) in [5, 5.41) is 56.8. The maximum Gasteiger partial charge on any atom is 0.306 e. The van der Waals surface area contributed by atoms with Gasteiger partial charge < -0.3 is 45.1 Å². The molecule has 1 saturated heterocycles. The van der Waals surface area contributed by atoms with Crippen molar-refractivity contribution in [1.82, 2.24) is 5.32 Å². The summed E-state index contributed by atoms with van der Waals surface area (Å²) in [6.45, 7) is 5.48. The zero-order valence-electron chi connectivity index (χ0n) is 46.9. The molecule has 1 heterocycles. The molecule has 6 N–H and O–H groups in total. The second-order valence-corrected chi connectivity index (χ2v) is 19.7. The number of esters is 1. The van der Waals surface area contributed by atoms with Gasteiger partial charge in [0.25, 0.3) is 0 Å². The van der Waals surface area contributed by atoms with E-state index in [0.29, 0.717) is 12.8 Å². The number of aliphatic hydroxyl groups excluding tert-OH is 5. The first-order chi connectivity index (χ1) is 36.7. The summed E-state index contributed by atoms with van der Waals surface area (Å²) in [6, 6.07) is -1.05. The van der Waals surface area contributed by atoms with Crippen molar-refractivity contribution in [1.29, 1.82) is 0 Å². The van der Waals surface area contributed by atoms with E-state index >= 15 is 0 Å². The zero-order chi connectivity index (χ0) is 54.7. The van der Waals surface area contributed by atoms with Crippen LogP contribution in [0.1, 0.15) is 207 Å². The summed E-state index contributed by atoms with van der Waals surface area (Å²) < 4.78 is 17.5. The third-order valence-electron chi connectivity index (χ3n) is 12.9. The molecule has 1 aliphatic heterocycles. The molecule has 1 rings (SSSR count). The Hall–Kier alpha value is -3.94. The van der Waals surface area contributed by atoms with Crippen LogP contribution >= 0.6 is 0 Å². The maximum atomic E-state index is 13.4. The Morgan fingerprint density at radius 3 is 1.59 bits per heavy atom. The van der Waals surface area contributed by atoms with Gasteiger partial charge in [-0.05, 0) is 96.3 Å². The van der Waals surface area contributed by atoms with E-state index in [9.17, 15) is 35.1 Å². The number of amides is 1. The standard InChI is InChI=1S/C64H105NO10/c1-4-7-10-13-16-19-22-25-26-27-28-29-30-31-32-34-37-40-43-46-49-52-59(69)75-62-61(71)60(70)58(53-66)74-64(62)73-54-55(56(67)50-47-44-41-38-36-33-23-20-17-14-11-8-5-2)65-63(72)57(68)51-48-45-42-39-35-24-21-18-15-12-9-6-3/h7,9-10,12,15-16,18-19,21,24-26,28-29,31-32,37,40,47,50,55-58,60-62,64,66-68,70-71H,4-6,8,11,13-14,17,20,22-23,27,30,33-36,38-39,41-46,48-49,51-54H2,1-3H3,(H,65,72)/b10-7-,12-9+,18-15+,19-16-,24-21-,26-25-,29-28-,32-31-,40-37-,50-47+. The number of unbranched alkanes of at least 4 members (excludes halogenated alkanes) is 17. The molecule has 0 aliphatic carbocycles. The Morgan fingerprint density at radius 1 is 0.547 bits per heavy atom. The fraction of sp³-hybridized carbons (Fsp3) is 0.656. The van der Waals surface area contributed by atoms with Gasteiger partial charge in [-0.25, -0.2) is 0 Å². The number of nitrogens with one attached hydrogen (secondary N) is 1. The Morgan fingerprint density at radius 2 is 1.03 bits per heavy atom. The number of carbonyl (C=O) groups excluding carboxylic acids is 2. The first kappa shape index (κ1) is 69.1. The van der Waals surface area contributed by atoms with E-state index in [1.165, 1.54) is 51.4 Å². The minimum Gasteiger partial charge on any atom is -0.454 e. The smallest absolute Gasteiger partial charge is 0.306 e. The van der Waals surface area contributed by atoms with Crippen LogP contribution in [0.5, 0.6) is 0 Å². The molecule has 0 radical (unpaired) electrons. The van der Waals surface area contributed by atoms with Gasteiger partial charge >= 0.3 is 5.97 Å². The van der Waals surface area contributed by atoms with Crippen LogP contribution < -0.4 is 5.32 Å². The Balaban J connectivity index is 2.75. The van der Waals surface area contributed by atoms with Gasteiger partial charge in [-0.15, -0.1) is 0 Å². The molecular weight excluding hydrogens is 943 g/mol. The van der Waals surface area contributed by atoms with E-state index in [4.69, 9.17) is 14.2 Å². The maximum absolute atomic E-state index is 13.4. The molecule has 75 heavy (non-hydrogen) atoms. The molecule has 0 spiro atoms. The number of rotatable bonds is 47. The molecule has 1 amide bonds. The zero-order valence-corrected chi connectivity index (χ0v) is 46.9. The van der Waals surface area contributed by atoms with E-state index in [-0.39, 0.29) is 19.4 Å². The second kappa shape index (κ2) is 50.9. The minimum absolute atomic E-state index is 0.0587. The van der Waals surface area contributed by atoms with Crippen molar-refractivity contribution in [3.8, 4) is 0 Å². The monoisotopic (exact) mass is 1050 g/mol. The number of hydrogen-bond acceptors (Lipinski definition) is 10. The van der Waals surface area contributed by atoms with Crippen LogP contribution in [0.3, 0.4) is 0 Å². The summed E-state index contributed by atoms with van der Waals surface area (Å²) in [5.74, 6) is -1.27. The van der Waals surface area contributed by atoms with Crippen molar-refractivity contribution in [2.75, 3.05) is 13.2 Å². The number of aliphatic hydroxyl groups is 5. The van der Waals surface area contributed by atoms with E-state index < -0.39 is 67.4 Å². The third-order valence-corrected chi connectivity index (χ3v) is 12.9. The normalized spacial score (nSPS) is 20.1. The molecule has 11 nitrogen and oxygen atoms in total. The lowest BCUT2D eigenvalue weighted by Crippen LogP contribution is -2.61. The Labute approximate surface area is 455 Å². The van der Waals surface area contributed by atoms with Crippen molar-refractivity contribution >= 4 is 11.9 Å². The van der Waals surface area contributed by atoms with Crippen LogP contribution in [0.2, 0.25) is 0 Å². The van der Waals surface area contributed by atoms with Crippen molar-refractivity contribution in [2.45, 2.75) is 256 Å². The predicted octanol–water partition coefficient (Wildman–Crippen LogP) is 13.5. The van der Waals surface area contributed by atoms with Crippen molar-refractivity contribution in [3.05, 3.63) is 122 Å². The van der Waals surface area contributed by atoms with Crippen LogP contribution in [0.4, 0.5) is 0 Å². The topological polar surface area (TPSA) is 175 Å². The molecule has 0 bridgehead atoms. The highest BCUT2D eigenvalue weighted by atomic mass is 16.7. The minimum atomic E-state index is -1.64. The largest absolute Gasteiger partial charge is 0.454 e. The molecule has 0 aromatic heterocycles. The van der Waals surface area contributed by atoms with Gasteiger partial charge in [-0.2, -0.15) is 0 Å². The molecule has 8 unspecified atom stereocenters. The van der Waals surface area contributed by atoms with Gasteiger partial charge in [0.1, 0.15) is 24.4 Å². The predicted molar refractivity (Wildman–Crippen MR) is 310 cm³/mol. The quantitative estimate of drug-likeness (QED) is 0.0149. The molecule has 0 aromatic carbocycles. The average Bonchev–Trinajstić information content (AvgIpc) is 3.41. The lowest BCUT2D eigenvalue weighted by Gasteiger charge is -2.41. The number of ether oxygens (including phenoxy) is 3. The molecular formula is C64H105NO10. The van der Waals surface area contributed by atoms with Crippen LogP contribution in [0, 0.1) is 0 Å². The van der Waals surface area contributed by atoms with Crippen LogP contribution in [0.25, 0.3) is 0 Å². The summed E-state index contributed by atoms with van der Waals surface area (Å²) in [6.07, 6.45) is 59.6. The molecule has 1 aliphatic rings. The highest BCUT2D eigenvalue weighted by Gasteiger charge is 2.47. The Bertz CT molecular complexity index is 1680. The molecule has 8 atom stereocenters. The average molecular weight is 1050 g/mol. The van der Waals surface area contributed by atoms with Gasteiger partial charge in [-0.3, -0.25) is 9.59 Å². The van der Waals surface area contributed by atoms with Gasteiger partial charge in [0, 0.05) is 6.42 Å². The van der Waals surface area contributed by atoms with Crippen molar-refractivity contribution < 1.29 is 49.3 Å². The molecule has 426 valence electrons. The highest BCUT2D eigenvalue weighted by molar-refractivity contribution is 5.80. The highest BCUT2D eigenvalue weighted by Crippen LogP contribution is 2.26. The van der Waals surface area contributed by atoms with Crippen molar-refractivity contribution in [3.63, 3.8) is 0 Å². The van der Waals surface area contributed by atoms with Gasteiger partial charge in [0.2, 0.25) is 5.91 Å². The van der Waals surface area contributed by atoms with Gasteiger partial charge in [0.05, 0.1) is 25.4 Å². The van der Waals surface area contributed by atoms with E-state index in [1.54, 1.807) is 6.08 Å². The van der Waals surface area contributed by atoms with E-state index in [2.05, 4.69) is 111 Å². The molecule has 0 aromatic rings. The first-order valence-corrected chi connectivity index (χ1v) is 29.3. The number of allylic oxidation sites excluding steroid dienone is 19. The fourth-order valence-electron chi connectivity index (χ4n) is 8.30. The summed E-state index contributed by atoms with van der Waals surface area (Å²) in [4.78, 5) is 26.5. The third kappa shape index (κ3) is 39.1. The number of carbonyl (C=O) groups is 2. The summed E-state index contributed by atoms with van der Waals surface area (Å²) in [5.41, 5.74) is 0. The summed E-state index contributed by atoms with van der Waals surface area (Å²) >= 11 is 0. The fourth-order valence-corrected chi connectivity index (χ4v) is 8.30.